The number of nitrogens with one attached hydrogen (secondary N) is 1. The van der Waals surface area contributed by atoms with Crippen LogP contribution in [0.1, 0.15) is 37.9 Å². The fraction of sp³-hybridized carbons (Fsp3) is 0.433. The van der Waals surface area contributed by atoms with Gasteiger partial charge in [0, 0.05) is 44.1 Å². The summed E-state index contributed by atoms with van der Waals surface area (Å²) >= 11 is 0. The fourth-order valence-electron chi connectivity index (χ4n) is 5.54. The van der Waals surface area contributed by atoms with Gasteiger partial charge in [0.15, 0.2) is 0 Å². The van der Waals surface area contributed by atoms with Crippen LogP contribution in [0.25, 0.3) is 11.3 Å². The first-order chi connectivity index (χ1) is 19.2. The van der Waals surface area contributed by atoms with Gasteiger partial charge in [0.05, 0.1) is 35.5 Å². The molecule has 2 aliphatic rings. The number of likely N-dealkylation sites (tertiary alicyclic amines) is 2. The zero-order valence-electron chi connectivity index (χ0n) is 23.0. The van der Waals surface area contributed by atoms with Gasteiger partial charge in [-0.15, -0.1) is 0 Å². The lowest BCUT2D eigenvalue weighted by molar-refractivity contribution is 0.209. The van der Waals surface area contributed by atoms with Crippen LogP contribution in [0.15, 0.2) is 52.9 Å². The number of allylic oxidation sites excluding steroid dienone is 2. The van der Waals surface area contributed by atoms with Crippen molar-refractivity contribution in [1.82, 2.24) is 20.1 Å². The highest BCUT2D eigenvalue weighted by molar-refractivity contribution is 5.62. The molecule has 2 saturated heterocycles. The van der Waals surface area contributed by atoms with E-state index in [4.69, 9.17) is 11.0 Å². The highest BCUT2D eigenvalue weighted by Crippen LogP contribution is 2.30. The maximum atomic E-state index is 15.2. The normalized spacial score (nSPS) is 22.3. The molecule has 4 rings (SSSR count). The summed E-state index contributed by atoms with van der Waals surface area (Å²) in [6.45, 7) is 10.9. The number of nitrogens with two attached hydrogens (primary N) is 1. The Bertz CT molecular complexity index is 1300. The number of aromatic nitrogens is 1. The first kappa shape index (κ1) is 29.3. The van der Waals surface area contributed by atoms with Crippen molar-refractivity contribution in [2.24, 2.45) is 22.6 Å². The molecule has 40 heavy (non-hydrogen) atoms. The van der Waals surface area contributed by atoms with Crippen LogP contribution < -0.4 is 11.1 Å². The van der Waals surface area contributed by atoms with Crippen molar-refractivity contribution in [3.63, 3.8) is 0 Å². The van der Waals surface area contributed by atoms with Crippen LogP contribution in [0.2, 0.25) is 0 Å². The molecule has 0 radical (unpaired) electrons. The van der Waals surface area contributed by atoms with E-state index in [0.29, 0.717) is 43.4 Å². The number of benzene rings is 1. The van der Waals surface area contributed by atoms with Crippen LogP contribution in [0.3, 0.4) is 0 Å². The van der Waals surface area contributed by atoms with E-state index in [0.717, 1.165) is 30.8 Å². The van der Waals surface area contributed by atoms with Crippen molar-refractivity contribution in [2.75, 3.05) is 26.2 Å². The Kier molecular flexibility index (Phi) is 9.61. The number of hydrogen-bond acceptors (Lipinski definition) is 7. The number of nitriles is 1. The molecule has 212 valence electrons. The summed E-state index contributed by atoms with van der Waals surface area (Å²) in [5.41, 5.74) is 7.97. The van der Waals surface area contributed by atoms with Crippen LogP contribution in [0, 0.1) is 40.6 Å². The van der Waals surface area contributed by atoms with E-state index < -0.39 is 23.0 Å². The summed E-state index contributed by atoms with van der Waals surface area (Å²) < 4.78 is 45.1. The largest absolute Gasteiger partial charge is 0.381 e. The smallest absolute Gasteiger partial charge is 0.149 e. The second-order valence-electron chi connectivity index (χ2n) is 10.8. The molecule has 7 nitrogen and oxygen atoms in total. The summed E-state index contributed by atoms with van der Waals surface area (Å²) in [5.74, 6) is -2.21. The maximum absolute atomic E-state index is 15.2. The van der Waals surface area contributed by atoms with E-state index in [9.17, 15) is 4.39 Å². The van der Waals surface area contributed by atoms with Crippen molar-refractivity contribution in [3.8, 4) is 17.3 Å². The molecule has 0 amide bonds. The summed E-state index contributed by atoms with van der Waals surface area (Å²) in [7, 11) is 0. The molecule has 3 atom stereocenters. The number of aliphatic imine (C=N–C) groups is 1. The Morgan fingerprint density at radius 3 is 2.62 bits per heavy atom. The Morgan fingerprint density at radius 1 is 1.23 bits per heavy atom. The van der Waals surface area contributed by atoms with E-state index in [1.807, 2.05) is 17.9 Å². The Morgan fingerprint density at radius 2 is 1.98 bits per heavy atom. The summed E-state index contributed by atoms with van der Waals surface area (Å²) in [6, 6.07) is 7.38. The third-order valence-corrected chi connectivity index (χ3v) is 7.39. The molecule has 0 bridgehead atoms. The van der Waals surface area contributed by atoms with E-state index in [1.54, 1.807) is 6.20 Å². The predicted molar refractivity (Wildman–Crippen MR) is 150 cm³/mol. The van der Waals surface area contributed by atoms with Gasteiger partial charge in [0.1, 0.15) is 23.1 Å². The Labute approximate surface area is 233 Å². The lowest BCUT2D eigenvalue weighted by Gasteiger charge is -2.37. The molecule has 2 aromatic rings. The average molecular weight is 552 g/mol. The third kappa shape index (κ3) is 7.09. The minimum absolute atomic E-state index is 0.0546. The number of pyridine rings is 1. The molecule has 2 fully saturated rings. The van der Waals surface area contributed by atoms with Crippen LogP contribution in [0.5, 0.6) is 0 Å². The van der Waals surface area contributed by atoms with Crippen LogP contribution >= 0.6 is 0 Å². The SMILES string of the molecule is C=N/C=C\C(=C(/C)NCc1ccc(F)c(-c2c(F)cc(CN3CC[C@@H](C#N)C3)cc2F)n1)N1C[C@H](C)C[C@H](N)C1. The van der Waals surface area contributed by atoms with Crippen molar-refractivity contribution in [1.29, 1.82) is 5.26 Å². The summed E-state index contributed by atoms with van der Waals surface area (Å²) in [5, 5.41) is 12.4. The second-order valence-corrected chi connectivity index (χ2v) is 10.8. The molecule has 10 heteroatoms. The average Bonchev–Trinajstić information content (AvgIpc) is 3.35. The first-order valence-electron chi connectivity index (χ1n) is 13.5. The van der Waals surface area contributed by atoms with E-state index in [1.165, 1.54) is 24.3 Å². The van der Waals surface area contributed by atoms with Gasteiger partial charge in [-0.05, 0) is 74.9 Å². The summed E-state index contributed by atoms with van der Waals surface area (Å²) in [6.07, 6.45) is 5.16. The molecule has 3 heterocycles. The molecular weight excluding hydrogens is 515 g/mol. The first-order valence-corrected chi connectivity index (χ1v) is 13.5. The Hall–Kier alpha value is -3.68. The minimum Gasteiger partial charge on any atom is -0.381 e. The number of rotatable bonds is 9. The van der Waals surface area contributed by atoms with Gasteiger partial charge in [-0.3, -0.25) is 9.89 Å². The molecule has 0 unspecified atom stereocenters. The maximum Gasteiger partial charge on any atom is 0.149 e. The third-order valence-electron chi connectivity index (χ3n) is 7.39. The molecule has 0 aliphatic carbocycles. The minimum atomic E-state index is -0.876. The highest BCUT2D eigenvalue weighted by atomic mass is 19.1. The van der Waals surface area contributed by atoms with Gasteiger partial charge in [0.2, 0.25) is 0 Å². The van der Waals surface area contributed by atoms with Gasteiger partial charge in [-0.25, -0.2) is 18.2 Å². The Balaban J connectivity index is 1.53. The van der Waals surface area contributed by atoms with Gasteiger partial charge in [0.25, 0.3) is 0 Å². The second kappa shape index (κ2) is 13.1. The van der Waals surface area contributed by atoms with Crippen molar-refractivity contribution >= 4 is 6.72 Å². The monoisotopic (exact) mass is 551 g/mol. The molecule has 1 aromatic carbocycles. The van der Waals surface area contributed by atoms with Gasteiger partial charge < -0.3 is 16.0 Å². The van der Waals surface area contributed by atoms with Gasteiger partial charge in [-0.1, -0.05) is 6.92 Å². The highest BCUT2D eigenvalue weighted by Gasteiger charge is 2.25. The molecule has 0 spiro atoms. The van der Waals surface area contributed by atoms with E-state index >= 15 is 8.78 Å². The standard InChI is InChI=1S/C30H36F3N7/c1-19-10-23(35)18-40(15-19)28(6-8-36-3)20(2)37-14-24-4-5-25(31)30(38-24)29-26(32)11-22(12-27(29)33)17-39-9-7-21(13-34)16-39/h4-6,8,11-12,19,21,23,37H,3,7,9-10,14-18,35H2,1-2H3/b8-6-,28-20-/t19-,21+,23+/m1/s1. The van der Waals surface area contributed by atoms with Crippen LogP contribution in [-0.4, -0.2) is 53.7 Å². The predicted octanol–water partition coefficient (Wildman–Crippen LogP) is 4.72. The molecule has 1 aromatic heterocycles. The summed E-state index contributed by atoms with van der Waals surface area (Å²) in [4.78, 5) is 12.3. The van der Waals surface area contributed by atoms with Gasteiger partial charge in [-0.2, -0.15) is 5.26 Å². The van der Waals surface area contributed by atoms with E-state index in [2.05, 4.69) is 39.9 Å². The number of halogens is 3. The van der Waals surface area contributed by atoms with Gasteiger partial charge >= 0.3 is 0 Å². The number of hydrogen-bond donors (Lipinski definition) is 2. The molecular formula is C30H36F3N7. The lowest BCUT2D eigenvalue weighted by atomic mass is 9.96. The quantitative estimate of drug-likeness (QED) is 0.346. The molecule has 3 N–H and O–H groups in total. The zero-order valence-corrected chi connectivity index (χ0v) is 23.0. The van der Waals surface area contributed by atoms with Crippen LogP contribution in [0.4, 0.5) is 13.2 Å². The van der Waals surface area contributed by atoms with Crippen LogP contribution in [-0.2, 0) is 13.1 Å². The van der Waals surface area contributed by atoms with E-state index in [-0.39, 0.29) is 24.2 Å². The zero-order chi connectivity index (χ0) is 28.8. The number of nitrogens with zero attached hydrogens (tertiary/aromatic N) is 5. The number of piperidine rings is 1. The van der Waals surface area contributed by atoms with Crippen molar-refractivity contribution < 1.29 is 13.2 Å². The molecule has 0 saturated carbocycles. The molecule has 2 aliphatic heterocycles. The fourth-order valence-corrected chi connectivity index (χ4v) is 5.54. The topological polar surface area (TPSA) is 93.6 Å². The lowest BCUT2D eigenvalue weighted by Crippen LogP contribution is -2.46. The van der Waals surface area contributed by atoms with Crippen molar-refractivity contribution in [3.05, 3.63) is 76.6 Å². The van der Waals surface area contributed by atoms with Crippen molar-refractivity contribution in [2.45, 2.75) is 45.8 Å².